The Balaban J connectivity index is 1.39. The maximum absolute atomic E-state index is 13.5. The number of hydrogen-bond acceptors (Lipinski definition) is 5. The van der Waals surface area contributed by atoms with Crippen LogP contribution in [0.15, 0.2) is 66.7 Å². The van der Waals surface area contributed by atoms with Crippen LogP contribution >= 0.6 is 0 Å². The normalized spacial score (nSPS) is 14.9. The van der Waals surface area contributed by atoms with Gasteiger partial charge in [0.15, 0.2) is 5.82 Å². The van der Waals surface area contributed by atoms with Crippen molar-refractivity contribution in [2.24, 2.45) is 0 Å². The van der Waals surface area contributed by atoms with Crippen molar-refractivity contribution in [3.8, 4) is 11.4 Å². The van der Waals surface area contributed by atoms with Crippen molar-refractivity contribution in [1.29, 1.82) is 0 Å². The highest BCUT2D eigenvalue weighted by molar-refractivity contribution is 6.00. The second-order valence-corrected chi connectivity index (χ2v) is 9.84. The van der Waals surface area contributed by atoms with Crippen LogP contribution in [-0.2, 0) is 10.2 Å². The summed E-state index contributed by atoms with van der Waals surface area (Å²) in [5.41, 5.74) is 3.38. The molecule has 1 aliphatic heterocycles. The summed E-state index contributed by atoms with van der Waals surface area (Å²) in [5.74, 6) is 1.07. The smallest absolute Gasteiger partial charge is 0.270 e. The average Bonchev–Trinajstić information content (AvgIpc) is 3.36. The Morgan fingerprint density at radius 3 is 2.32 bits per heavy atom. The molecule has 190 valence electrons. The largest absolute Gasteiger partial charge is 0.368 e. The minimum atomic E-state index is -0.0842. The minimum Gasteiger partial charge on any atom is -0.368 e. The molecule has 1 aliphatic rings. The highest BCUT2D eigenvalue weighted by Gasteiger charge is 2.34. The topological polar surface area (TPSA) is 103 Å². The number of aromatic nitrogens is 3. The number of anilines is 1. The Morgan fingerprint density at radius 1 is 0.973 bits per heavy atom. The van der Waals surface area contributed by atoms with E-state index in [0.717, 1.165) is 23.8 Å². The molecule has 8 heteroatoms. The fourth-order valence-corrected chi connectivity index (χ4v) is 4.90. The number of amides is 2. The van der Waals surface area contributed by atoms with Gasteiger partial charge in [0.1, 0.15) is 17.2 Å². The fourth-order valence-electron chi connectivity index (χ4n) is 4.90. The van der Waals surface area contributed by atoms with Crippen molar-refractivity contribution in [3.63, 3.8) is 0 Å². The zero-order valence-corrected chi connectivity index (χ0v) is 21.3. The van der Waals surface area contributed by atoms with Gasteiger partial charge in [0.2, 0.25) is 5.91 Å². The van der Waals surface area contributed by atoms with Gasteiger partial charge in [0.25, 0.3) is 5.91 Å². The van der Waals surface area contributed by atoms with Gasteiger partial charge in [-0.2, -0.15) is 0 Å². The van der Waals surface area contributed by atoms with E-state index in [0.29, 0.717) is 49.2 Å². The number of aromatic amines is 1. The van der Waals surface area contributed by atoms with Gasteiger partial charge < -0.3 is 20.5 Å². The van der Waals surface area contributed by atoms with E-state index in [9.17, 15) is 9.59 Å². The standard InChI is InChI=1S/C29H32N6O2/c1-20(36)30-15-16-31-26-23-19-24(32-27(23)34-25(33-26)21-9-5-3-6-10-21)28(37)35-17-13-29(2,14-18-35)22-11-7-4-8-12-22/h3-12,19H,13-18H2,1-2H3,(H,30,36)(H2,31,32,33,34). The molecule has 0 radical (unpaired) electrons. The number of carbonyl (C=O) groups excluding carboxylic acids is 2. The average molecular weight is 497 g/mol. The van der Waals surface area contributed by atoms with Gasteiger partial charge in [-0.15, -0.1) is 0 Å². The molecule has 1 fully saturated rings. The van der Waals surface area contributed by atoms with Crippen molar-refractivity contribution >= 4 is 28.7 Å². The number of carbonyl (C=O) groups is 2. The van der Waals surface area contributed by atoms with E-state index in [1.165, 1.54) is 12.5 Å². The summed E-state index contributed by atoms with van der Waals surface area (Å²) in [7, 11) is 0. The summed E-state index contributed by atoms with van der Waals surface area (Å²) >= 11 is 0. The Kier molecular flexibility index (Phi) is 6.90. The molecular formula is C29H32N6O2. The van der Waals surface area contributed by atoms with E-state index in [4.69, 9.17) is 9.97 Å². The minimum absolute atomic E-state index is 0.0291. The number of rotatable bonds is 7. The van der Waals surface area contributed by atoms with E-state index in [2.05, 4.69) is 46.8 Å². The zero-order chi connectivity index (χ0) is 25.8. The van der Waals surface area contributed by atoms with Crippen molar-refractivity contribution in [3.05, 3.63) is 78.0 Å². The summed E-state index contributed by atoms with van der Waals surface area (Å²) in [6.45, 7) is 6.13. The van der Waals surface area contributed by atoms with Crippen molar-refractivity contribution in [2.45, 2.75) is 32.1 Å². The first-order valence-electron chi connectivity index (χ1n) is 12.7. The monoisotopic (exact) mass is 496 g/mol. The van der Waals surface area contributed by atoms with Crippen molar-refractivity contribution in [1.82, 2.24) is 25.2 Å². The van der Waals surface area contributed by atoms with Crippen LogP contribution in [0.25, 0.3) is 22.4 Å². The zero-order valence-electron chi connectivity index (χ0n) is 21.3. The molecule has 2 aromatic carbocycles. The first kappa shape index (κ1) is 24.5. The van der Waals surface area contributed by atoms with Crippen LogP contribution < -0.4 is 10.6 Å². The van der Waals surface area contributed by atoms with Crippen LogP contribution in [0.1, 0.15) is 42.7 Å². The van der Waals surface area contributed by atoms with Gasteiger partial charge in [0, 0.05) is 38.7 Å². The quantitative estimate of drug-likeness (QED) is 0.330. The summed E-state index contributed by atoms with van der Waals surface area (Å²) in [4.78, 5) is 39.4. The number of hydrogen-bond donors (Lipinski definition) is 3. The fraction of sp³-hybridized carbons (Fsp3) is 0.310. The molecule has 2 aromatic heterocycles. The third-order valence-electron chi connectivity index (χ3n) is 7.17. The third-order valence-corrected chi connectivity index (χ3v) is 7.17. The van der Waals surface area contributed by atoms with Crippen LogP contribution in [0.2, 0.25) is 0 Å². The summed E-state index contributed by atoms with van der Waals surface area (Å²) in [5, 5.41) is 6.83. The second-order valence-electron chi connectivity index (χ2n) is 9.84. The lowest BCUT2D eigenvalue weighted by atomic mass is 9.74. The second kappa shape index (κ2) is 10.4. The molecule has 0 bridgehead atoms. The van der Waals surface area contributed by atoms with Gasteiger partial charge >= 0.3 is 0 Å². The Morgan fingerprint density at radius 2 is 1.65 bits per heavy atom. The van der Waals surface area contributed by atoms with E-state index in [1.54, 1.807) is 0 Å². The van der Waals surface area contributed by atoms with Crippen molar-refractivity contribution in [2.75, 3.05) is 31.5 Å². The molecule has 0 spiro atoms. The molecule has 5 rings (SSSR count). The summed E-state index contributed by atoms with van der Waals surface area (Å²) < 4.78 is 0. The number of nitrogens with zero attached hydrogens (tertiary/aromatic N) is 3. The number of H-pyrrole nitrogens is 1. The lowest BCUT2D eigenvalue weighted by Gasteiger charge is -2.39. The highest BCUT2D eigenvalue weighted by atomic mass is 16.2. The van der Waals surface area contributed by atoms with Gasteiger partial charge in [0.05, 0.1) is 5.39 Å². The Hall–Kier alpha value is -4.20. The van der Waals surface area contributed by atoms with Gasteiger partial charge in [-0.3, -0.25) is 9.59 Å². The van der Waals surface area contributed by atoms with Crippen LogP contribution in [0.3, 0.4) is 0 Å². The van der Waals surface area contributed by atoms with E-state index in [-0.39, 0.29) is 17.2 Å². The van der Waals surface area contributed by atoms with Gasteiger partial charge in [-0.1, -0.05) is 67.6 Å². The first-order valence-corrected chi connectivity index (χ1v) is 12.7. The first-order chi connectivity index (χ1) is 17.9. The molecule has 3 N–H and O–H groups in total. The summed E-state index contributed by atoms with van der Waals surface area (Å²) in [6, 6.07) is 22.1. The maximum atomic E-state index is 13.5. The predicted molar refractivity (Wildman–Crippen MR) is 145 cm³/mol. The molecule has 0 unspecified atom stereocenters. The Bertz CT molecular complexity index is 1390. The van der Waals surface area contributed by atoms with Gasteiger partial charge in [-0.25, -0.2) is 9.97 Å². The van der Waals surface area contributed by atoms with Crippen LogP contribution in [-0.4, -0.2) is 57.8 Å². The molecule has 2 amide bonds. The van der Waals surface area contributed by atoms with Crippen molar-refractivity contribution < 1.29 is 9.59 Å². The van der Waals surface area contributed by atoms with Crippen LogP contribution in [0.4, 0.5) is 5.82 Å². The number of fused-ring (bicyclic) bond motifs is 1. The number of benzene rings is 2. The molecule has 0 atom stereocenters. The molecule has 3 heterocycles. The third kappa shape index (κ3) is 5.33. The number of nitrogens with one attached hydrogen (secondary N) is 3. The van der Waals surface area contributed by atoms with E-state index >= 15 is 0 Å². The molecule has 4 aromatic rings. The number of piperidine rings is 1. The molecule has 0 saturated carbocycles. The predicted octanol–water partition coefficient (Wildman–Crippen LogP) is 4.37. The molecule has 1 saturated heterocycles. The van der Waals surface area contributed by atoms with E-state index < -0.39 is 0 Å². The molecular weight excluding hydrogens is 464 g/mol. The van der Waals surface area contributed by atoms with Gasteiger partial charge in [-0.05, 0) is 29.9 Å². The lowest BCUT2D eigenvalue weighted by molar-refractivity contribution is -0.118. The lowest BCUT2D eigenvalue weighted by Crippen LogP contribution is -2.44. The Labute approximate surface area is 216 Å². The van der Waals surface area contributed by atoms with Crippen LogP contribution in [0.5, 0.6) is 0 Å². The molecule has 37 heavy (non-hydrogen) atoms. The molecule has 0 aliphatic carbocycles. The maximum Gasteiger partial charge on any atom is 0.270 e. The SMILES string of the molecule is CC(=O)NCCNc1nc(-c2ccccc2)nc2[nH]c(C(=O)N3CCC(C)(c4ccccc4)CC3)cc12. The summed E-state index contributed by atoms with van der Waals surface area (Å²) in [6.07, 6.45) is 1.83. The number of likely N-dealkylation sites (tertiary alicyclic amines) is 1. The molecule has 8 nitrogen and oxygen atoms in total. The highest BCUT2D eigenvalue weighted by Crippen LogP contribution is 2.35. The van der Waals surface area contributed by atoms with E-state index in [1.807, 2.05) is 47.4 Å². The van der Waals surface area contributed by atoms with Crippen LogP contribution in [0, 0.1) is 0 Å².